The lowest BCUT2D eigenvalue weighted by atomic mass is 9.98. The number of rotatable bonds is 4. The highest BCUT2D eigenvalue weighted by atomic mass is 35.5. The number of hydrogen-bond acceptors (Lipinski definition) is 5. The summed E-state index contributed by atoms with van der Waals surface area (Å²) in [6.45, 7) is 0.370. The van der Waals surface area contributed by atoms with Gasteiger partial charge in [-0.3, -0.25) is 19.7 Å². The molecule has 2 amide bonds. The Bertz CT molecular complexity index is 861. The Morgan fingerprint density at radius 1 is 1.24 bits per heavy atom. The van der Waals surface area contributed by atoms with Gasteiger partial charge in [-0.15, -0.1) is 0 Å². The minimum absolute atomic E-state index is 0.133. The maximum atomic E-state index is 12.2. The molecular formula is C15H11Cl2N3O5. The molecule has 25 heavy (non-hydrogen) atoms. The molecule has 1 fully saturated rings. The van der Waals surface area contributed by atoms with Crippen LogP contribution in [0.25, 0.3) is 0 Å². The molecule has 1 aliphatic rings. The van der Waals surface area contributed by atoms with Gasteiger partial charge in [-0.1, -0.05) is 23.2 Å². The van der Waals surface area contributed by atoms with Crippen LogP contribution >= 0.6 is 23.2 Å². The van der Waals surface area contributed by atoms with Gasteiger partial charge in [0, 0.05) is 18.1 Å². The van der Waals surface area contributed by atoms with Crippen molar-refractivity contribution in [3.8, 4) is 0 Å². The number of nitro groups is 1. The number of nitrogens with zero attached hydrogens (tertiary/aromatic N) is 2. The van der Waals surface area contributed by atoms with Crippen LogP contribution in [0.1, 0.15) is 10.6 Å². The first-order chi connectivity index (χ1) is 11.8. The van der Waals surface area contributed by atoms with Gasteiger partial charge in [-0.25, -0.2) is 0 Å². The van der Waals surface area contributed by atoms with Crippen LogP contribution in [0.5, 0.6) is 0 Å². The monoisotopic (exact) mass is 383 g/mol. The van der Waals surface area contributed by atoms with Crippen molar-refractivity contribution in [3.05, 3.63) is 56.3 Å². The highest BCUT2D eigenvalue weighted by Gasteiger charge is 2.37. The molecule has 0 radical (unpaired) electrons. The van der Waals surface area contributed by atoms with Crippen molar-refractivity contribution >= 4 is 46.6 Å². The second-order valence-corrected chi connectivity index (χ2v) is 6.26. The summed E-state index contributed by atoms with van der Waals surface area (Å²) in [6, 6.07) is 7.05. The van der Waals surface area contributed by atoms with Gasteiger partial charge < -0.3 is 14.6 Å². The fourth-order valence-electron chi connectivity index (χ4n) is 2.33. The summed E-state index contributed by atoms with van der Waals surface area (Å²) in [7, 11) is 0. The van der Waals surface area contributed by atoms with Crippen molar-refractivity contribution in [2.24, 2.45) is 5.92 Å². The largest absolute Gasteiger partial charge is 0.433 e. The highest BCUT2D eigenvalue weighted by Crippen LogP contribution is 2.27. The van der Waals surface area contributed by atoms with Crippen LogP contribution in [0.15, 0.2) is 34.7 Å². The lowest BCUT2D eigenvalue weighted by molar-refractivity contribution is -0.402. The molecule has 0 spiro atoms. The molecule has 10 heteroatoms. The van der Waals surface area contributed by atoms with E-state index in [9.17, 15) is 19.7 Å². The standard InChI is InChI=1S/C15H11Cl2N3O5/c16-9-1-2-11(10(17)5-9)18-14(21)8-6-19(7-8)15(22)12-3-4-13(25-12)20(23)24/h1-5,8H,6-7H2,(H,18,21). The van der Waals surface area contributed by atoms with Gasteiger partial charge in [0.25, 0.3) is 5.91 Å². The van der Waals surface area contributed by atoms with E-state index >= 15 is 0 Å². The zero-order valence-electron chi connectivity index (χ0n) is 12.6. The summed E-state index contributed by atoms with van der Waals surface area (Å²) in [5, 5.41) is 14.0. The number of carbonyl (C=O) groups excluding carboxylic acids is 2. The summed E-state index contributed by atoms with van der Waals surface area (Å²) >= 11 is 11.8. The van der Waals surface area contributed by atoms with E-state index in [4.69, 9.17) is 27.6 Å². The zero-order valence-corrected chi connectivity index (χ0v) is 14.1. The average Bonchev–Trinajstić information content (AvgIpc) is 2.98. The van der Waals surface area contributed by atoms with E-state index in [0.29, 0.717) is 15.7 Å². The Morgan fingerprint density at radius 3 is 2.56 bits per heavy atom. The number of halogens is 2. The normalized spacial score (nSPS) is 14.1. The predicted octanol–water partition coefficient (Wildman–Crippen LogP) is 3.21. The smallest absolute Gasteiger partial charge is 0.395 e. The van der Waals surface area contributed by atoms with Crippen LogP contribution in [0.3, 0.4) is 0 Å². The Hall–Kier alpha value is -2.58. The fraction of sp³-hybridized carbons (Fsp3) is 0.200. The lowest BCUT2D eigenvalue weighted by Crippen LogP contribution is -2.54. The number of hydrogen-bond donors (Lipinski definition) is 1. The second-order valence-electron chi connectivity index (χ2n) is 5.42. The molecule has 3 rings (SSSR count). The van der Waals surface area contributed by atoms with Crippen molar-refractivity contribution in [2.45, 2.75) is 0 Å². The van der Waals surface area contributed by atoms with Crippen molar-refractivity contribution in [1.29, 1.82) is 0 Å². The first-order valence-corrected chi connectivity index (χ1v) is 7.90. The quantitative estimate of drug-likeness (QED) is 0.644. The van der Waals surface area contributed by atoms with E-state index < -0.39 is 22.6 Å². The lowest BCUT2D eigenvalue weighted by Gasteiger charge is -2.37. The van der Waals surface area contributed by atoms with Gasteiger partial charge in [0.05, 0.1) is 22.7 Å². The molecule has 2 heterocycles. The Balaban J connectivity index is 1.57. The molecular weight excluding hydrogens is 373 g/mol. The number of anilines is 1. The molecule has 1 aromatic carbocycles. The van der Waals surface area contributed by atoms with Crippen molar-refractivity contribution in [1.82, 2.24) is 4.90 Å². The third-order valence-electron chi connectivity index (χ3n) is 3.71. The third-order valence-corrected chi connectivity index (χ3v) is 4.26. The summed E-state index contributed by atoms with van der Waals surface area (Å²) in [5.74, 6) is -1.82. The Kier molecular flexibility index (Phi) is 4.65. The van der Waals surface area contributed by atoms with E-state index in [1.165, 1.54) is 17.0 Å². The number of carbonyl (C=O) groups is 2. The van der Waals surface area contributed by atoms with Gasteiger partial charge in [0.15, 0.2) is 5.76 Å². The van der Waals surface area contributed by atoms with Gasteiger partial charge >= 0.3 is 5.88 Å². The first kappa shape index (κ1) is 17.2. The maximum absolute atomic E-state index is 12.2. The van der Waals surface area contributed by atoms with Crippen LogP contribution < -0.4 is 5.32 Å². The van der Waals surface area contributed by atoms with Crippen LogP contribution in [0.4, 0.5) is 11.6 Å². The molecule has 130 valence electrons. The molecule has 1 saturated heterocycles. The summed E-state index contributed by atoms with van der Waals surface area (Å²) in [6.07, 6.45) is 0. The van der Waals surface area contributed by atoms with Crippen molar-refractivity contribution < 1.29 is 18.9 Å². The number of furan rings is 1. The van der Waals surface area contributed by atoms with Gasteiger partial charge in [-0.05, 0) is 24.3 Å². The fourth-order valence-corrected chi connectivity index (χ4v) is 2.79. The molecule has 1 aliphatic heterocycles. The van der Waals surface area contributed by atoms with E-state index in [2.05, 4.69) is 5.32 Å². The summed E-state index contributed by atoms with van der Waals surface area (Å²) in [5.41, 5.74) is 0.433. The average molecular weight is 384 g/mol. The Morgan fingerprint density at radius 2 is 1.96 bits per heavy atom. The van der Waals surface area contributed by atoms with Crippen LogP contribution in [0.2, 0.25) is 10.0 Å². The minimum Gasteiger partial charge on any atom is -0.395 e. The second kappa shape index (κ2) is 6.73. The summed E-state index contributed by atoms with van der Waals surface area (Å²) in [4.78, 5) is 35.5. The van der Waals surface area contributed by atoms with E-state index in [1.807, 2.05) is 0 Å². The number of nitrogens with one attached hydrogen (secondary N) is 1. The predicted molar refractivity (Wildman–Crippen MR) is 89.8 cm³/mol. The molecule has 0 unspecified atom stereocenters. The molecule has 1 N–H and O–H groups in total. The van der Waals surface area contributed by atoms with Gasteiger partial charge in [0.1, 0.15) is 4.92 Å². The van der Waals surface area contributed by atoms with Crippen LogP contribution in [-0.4, -0.2) is 34.7 Å². The van der Waals surface area contributed by atoms with Gasteiger partial charge in [-0.2, -0.15) is 0 Å². The maximum Gasteiger partial charge on any atom is 0.433 e. The molecule has 0 aliphatic carbocycles. The van der Waals surface area contributed by atoms with Gasteiger partial charge in [0.2, 0.25) is 5.91 Å². The minimum atomic E-state index is -0.723. The highest BCUT2D eigenvalue weighted by molar-refractivity contribution is 6.36. The molecule has 0 atom stereocenters. The SMILES string of the molecule is O=C(Nc1ccc(Cl)cc1Cl)C1CN(C(=O)c2ccc([N+](=O)[O-])o2)C1. The van der Waals surface area contributed by atoms with Crippen LogP contribution in [-0.2, 0) is 4.79 Å². The molecule has 1 aromatic heterocycles. The van der Waals surface area contributed by atoms with E-state index in [-0.39, 0.29) is 24.8 Å². The van der Waals surface area contributed by atoms with Crippen molar-refractivity contribution in [3.63, 3.8) is 0 Å². The number of amides is 2. The van der Waals surface area contributed by atoms with E-state index in [0.717, 1.165) is 6.07 Å². The van der Waals surface area contributed by atoms with E-state index in [1.54, 1.807) is 12.1 Å². The Labute approximate surface area is 151 Å². The van der Waals surface area contributed by atoms with Crippen molar-refractivity contribution in [2.75, 3.05) is 18.4 Å². The topological polar surface area (TPSA) is 106 Å². The molecule has 0 saturated carbocycles. The number of benzene rings is 1. The summed E-state index contributed by atoms with van der Waals surface area (Å²) < 4.78 is 4.86. The first-order valence-electron chi connectivity index (χ1n) is 7.14. The third kappa shape index (κ3) is 3.59. The number of likely N-dealkylation sites (tertiary alicyclic amines) is 1. The van der Waals surface area contributed by atoms with Crippen LogP contribution in [0, 0.1) is 16.0 Å². The molecule has 0 bridgehead atoms. The molecule has 2 aromatic rings. The zero-order chi connectivity index (χ0) is 18.1. The molecule has 8 nitrogen and oxygen atoms in total.